The third-order valence-electron chi connectivity index (χ3n) is 4.34. The molecule has 0 unspecified atom stereocenters. The summed E-state index contributed by atoms with van der Waals surface area (Å²) >= 11 is 3.36. The van der Waals surface area contributed by atoms with E-state index in [2.05, 4.69) is 31.9 Å². The van der Waals surface area contributed by atoms with Crippen LogP contribution >= 0.6 is 15.9 Å². The number of anilines is 1. The lowest BCUT2D eigenvalue weighted by Gasteiger charge is -2.40. The van der Waals surface area contributed by atoms with Gasteiger partial charge in [0.1, 0.15) is 0 Å². The Bertz CT molecular complexity index is 561. The van der Waals surface area contributed by atoms with Gasteiger partial charge < -0.3 is 16.0 Å². The highest BCUT2D eigenvalue weighted by Gasteiger charge is 2.36. The van der Waals surface area contributed by atoms with Crippen molar-refractivity contribution < 1.29 is 9.59 Å². The van der Waals surface area contributed by atoms with Gasteiger partial charge in [-0.05, 0) is 37.1 Å². The Balaban J connectivity index is 1.56. The van der Waals surface area contributed by atoms with E-state index < -0.39 is 6.04 Å². The van der Waals surface area contributed by atoms with Gasteiger partial charge in [-0.2, -0.15) is 0 Å². The number of carbonyl (C=O) groups excluding carboxylic acids is 2. The lowest BCUT2D eigenvalue weighted by atomic mass is 9.87. The number of piperazine rings is 1. The summed E-state index contributed by atoms with van der Waals surface area (Å²) in [7, 11) is 0. The maximum absolute atomic E-state index is 12.1. The monoisotopic (exact) mass is 365 g/mol. The molecule has 118 valence electrons. The Labute approximate surface area is 138 Å². The molecule has 1 aliphatic carbocycles. The van der Waals surface area contributed by atoms with Crippen LogP contribution in [0.4, 0.5) is 5.69 Å². The molecular formula is C16H20BrN3O2. The number of halogens is 1. The van der Waals surface area contributed by atoms with Crippen LogP contribution in [0.3, 0.4) is 0 Å². The Morgan fingerprint density at radius 1 is 1.18 bits per heavy atom. The topological polar surface area (TPSA) is 70.2 Å². The highest BCUT2D eigenvalue weighted by atomic mass is 79.9. The van der Waals surface area contributed by atoms with Gasteiger partial charge in [-0.1, -0.05) is 28.8 Å². The van der Waals surface area contributed by atoms with E-state index in [0.29, 0.717) is 6.04 Å². The van der Waals surface area contributed by atoms with E-state index in [9.17, 15) is 9.59 Å². The molecule has 1 saturated carbocycles. The van der Waals surface area contributed by atoms with Gasteiger partial charge in [-0.3, -0.25) is 9.59 Å². The lowest BCUT2D eigenvalue weighted by Crippen LogP contribution is -2.65. The number of hydrogen-bond donors (Lipinski definition) is 3. The zero-order chi connectivity index (χ0) is 15.5. The summed E-state index contributed by atoms with van der Waals surface area (Å²) in [6.45, 7) is 0. The predicted octanol–water partition coefficient (Wildman–Crippen LogP) is 2.18. The molecule has 3 rings (SSSR count). The first-order valence-electron chi connectivity index (χ1n) is 7.73. The van der Waals surface area contributed by atoms with Gasteiger partial charge in [0.25, 0.3) is 0 Å². The van der Waals surface area contributed by atoms with Crippen molar-refractivity contribution in [3.63, 3.8) is 0 Å². The fourth-order valence-electron chi connectivity index (χ4n) is 3.20. The Kier molecular flexibility index (Phi) is 4.78. The summed E-state index contributed by atoms with van der Waals surface area (Å²) in [5, 5.41) is 9.24. The van der Waals surface area contributed by atoms with E-state index in [1.54, 1.807) is 0 Å². The number of nitrogens with one attached hydrogen (secondary N) is 3. The first-order chi connectivity index (χ1) is 10.6. The summed E-state index contributed by atoms with van der Waals surface area (Å²) in [4.78, 5) is 24.3. The van der Waals surface area contributed by atoms with E-state index in [1.807, 2.05) is 24.3 Å². The molecule has 1 saturated heterocycles. The number of benzene rings is 1. The first-order valence-corrected chi connectivity index (χ1v) is 8.53. The second-order valence-corrected chi connectivity index (χ2v) is 6.90. The van der Waals surface area contributed by atoms with E-state index >= 15 is 0 Å². The molecule has 1 aliphatic heterocycles. The van der Waals surface area contributed by atoms with Crippen LogP contribution in [0, 0.1) is 0 Å². The lowest BCUT2D eigenvalue weighted by molar-refractivity contribution is -0.129. The van der Waals surface area contributed by atoms with E-state index in [4.69, 9.17) is 0 Å². The quantitative estimate of drug-likeness (QED) is 0.768. The maximum Gasteiger partial charge on any atom is 0.237 e. The van der Waals surface area contributed by atoms with Crippen molar-refractivity contribution in [2.45, 2.75) is 50.2 Å². The average molecular weight is 366 g/mol. The summed E-state index contributed by atoms with van der Waals surface area (Å²) in [6, 6.07) is 7.49. The minimum Gasteiger partial charge on any atom is -0.350 e. The number of fused-ring (bicyclic) bond motifs is 1. The van der Waals surface area contributed by atoms with E-state index in [1.165, 1.54) is 6.42 Å². The SMILES string of the molecule is O=C(C[C@@H]1N[C@@H]2CCCC[C@H]2NC1=O)Nc1ccc(Br)cc1. The van der Waals surface area contributed by atoms with Crippen molar-refractivity contribution in [1.29, 1.82) is 0 Å². The Morgan fingerprint density at radius 3 is 2.59 bits per heavy atom. The summed E-state index contributed by atoms with van der Waals surface area (Å²) in [5.74, 6) is -0.210. The second kappa shape index (κ2) is 6.79. The molecule has 1 aromatic rings. The fraction of sp³-hybridized carbons (Fsp3) is 0.500. The average Bonchev–Trinajstić information content (AvgIpc) is 2.50. The van der Waals surface area contributed by atoms with Gasteiger partial charge in [0, 0.05) is 22.2 Å². The largest absolute Gasteiger partial charge is 0.350 e. The smallest absolute Gasteiger partial charge is 0.237 e. The molecule has 3 atom stereocenters. The van der Waals surface area contributed by atoms with Gasteiger partial charge >= 0.3 is 0 Å². The number of rotatable bonds is 3. The van der Waals surface area contributed by atoms with Crippen LogP contribution in [0.2, 0.25) is 0 Å². The molecule has 0 aromatic heterocycles. The zero-order valence-corrected chi connectivity index (χ0v) is 13.9. The van der Waals surface area contributed by atoms with Crippen LogP contribution < -0.4 is 16.0 Å². The van der Waals surface area contributed by atoms with Gasteiger partial charge in [0.15, 0.2) is 0 Å². The Hall–Kier alpha value is -1.40. The molecule has 1 heterocycles. The van der Waals surface area contributed by atoms with Crippen LogP contribution in [0.1, 0.15) is 32.1 Å². The zero-order valence-electron chi connectivity index (χ0n) is 12.3. The number of amides is 2. The van der Waals surface area contributed by atoms with Crippen molar-refractivity contribution in [2.75, 3.05) is 5.32 Å². The highest BCUT2D eigenvalue weighted by molar-refractivity contribution is 9.10. The first kappa shape index (κ1) is 15.5. The van der Waals surface area contributed by atoms with Gasteiger partial charge in [-0.15, -0.1) is 0 Å². The molecule has 0 radical (unpaired) electrons. The molecule has 6 heteroatoms. The number of hydrogen-bond acceptors (Lipinski definition) is 3. The standard InChI is InChI=1S/C16H20BrN3O2/c17-10-5-7-11(8-6-10)18-15(21)9-14-16(22)20-13-4-2-1-3-12(13)19-14/h5-8,12-14,19H,1-4,9H2,(H,18,21)(H,20,22)/t12-,13-,14+/m1/s1. The van der Waals surface area contributed by atoms with Crippen molar-refractivity contribution in [3.05, 3.63) is 28.7 Å². The van der Waals surface area contributed by atoms with E-state index in [0.717, 1.165) is 29.4 Å². The molecule has 22 heavy (non-hydrogen) atoms. The highest BCUT2D eigenvalue weighted by Crippen LogP contribution is 2.22. The van der Waals surface area contributed by atoms with Crippen LogP contribution in [-0.2, 0) is 9.59 Å². The van der Waals surface area contributed by atoms with Crippen LogP contribution in [0.25, 0.3) is 0 Å². The predicted molar refractivity (Wildman–Crippen MR) is 88.5 cm³/mol. The molecule has 1 aromatic carbocycles. The van der Waals surface area contributed by atoms with Crippen LogP contribution in [0.15, 0.2) is 28.7 Å². The Morgan fingerprint density at radius 2 is 1.86 bits per heavy atom. The minimum atomic E-state index is -0.435. The summed E-state index contributed by atoms with van der Waals surface area (Å²) in [6.07, 6.45) is 4.60. The van der Waals surface area contributed by atoms with Gasteiger partial charge in [0.05, 0.1) is 12.5 Å². The third-order valence-corrected chi connectivity index (χ3v) is 4.87. The molecule has 2 aliphatic rings. The third kappa shape index (κ3) is 3.67. The fourth-order valence-corrected chi connectivity index (χ4v) is 3.47. The minimum absolute atomic E-state index is 0.0610. The second-order valence-electron chi connectivity index (χ2n) is 5.98. The van der Waals surface area contributed by atoms with Crippen molar-refractivity contribution in [3.8, 4) is 0 Å². The molecule has 3 N–H and O–H groups in total. The molecule has 0 bridgehead atoms. The van der Waals surface area contributed by atoms with Crippen molar-refractivity contribution >= 4 is 33.4 Å². The van der Waals surface area contributed by atoms with Crippen molar-refractivity contribution in [2.24, 2.45) is 0 Å². The molecule has 0 spiro atoms. The summed E-state index contributed by atoms with van der Waals surface area (Å²) in [5.41, 5.74) is 0.736. The molecule has 2 fully saturated rings. The van der Waals surface area contributed by atoms with E-state index in [-0.39, 0.29) is 24.3 Å². The van der Waals surface area contributed by atoms with Crippen LogP contribution in [0.5, 0.6) is 0 Å². The normalized spacial score (nSPS) is 27.7. The summed E-state index contributed by atoms with van der Waals surface area (Å²) < 4.78 is 0.960. The molecular weight excluding hydrogens is 346 g/mol. The van der Waals surface area contributed by atoms with Gasteiger partial charge in [-0.25, -0.2) is 0 Å². The molecule has 5 nitrogen and oxygen atoms in total. The number of carbonyl (C=O) groups is 2. The maximum atomic E-state index is 12.1. The van der Waals surface area contributed by atoms with Gasteiger partial charge in [0.2, 0.25) is 11.8 Å². The molecule has 2 amide bonds. The van der Waals surface area contributed by atoms with Crippen molar-refractivity contribution in [1.82, 2.24) is 10.6 Å². The van der Waals surface area contributed by atoms with Crippen LogP contribution in [-0.4, -0.2) is 29.9 Å².